The third-order valence-electron chi connectivity index (χ3n) is 4.25. The Hall–Kier alpha value is -1.64. The Morgan fingerprint density at radius 3 is 2.65 bits per heavy atom. The number of hydrogen-bond acceptors (Lipinski definition) is 5. The third-order valence-corrected chi connectivity index (χ3v) is 6.15. The van der Waals surface area contributed by atoms with Crippen molar-refractivity contribution < 1.29 is 23.1 Å². The van der Waals surface area contributed by atoms with Crippen LogP contribution in [0, 0.1) is 0 Å². The number of amides is 1. The van der Waals surface area contributed by atoms with Gasteiger partial charge in [-0.15, -0.1) is 0 Å². The number of likely N-dealkylation sites (N-methyl/N-ethyl adjacent to an activating group) is 1. The van der Waals surface area contributed by atoms with Crippen molar-refractivity contribution in [3.63, 3.8) is 0 Å². The lowest BCUT2D eigenvalue weighted by Gasteiger charge is -2.31. The minimum atomic E-state index is -3.64. The quantitative estimate of drug-likeness (QED) is 0.870. The molecule has 0 unspecified atom stereocenters. The van der Waals surface area contributed by atoms with Crippen LogP contribution >= 0.6 is 0 Å². The fourth-order valence-electron chi connectivity index (χ4n) is 2.92. The number of aliphatic hydroxyl groups is 1. The first-order chi connectivity index (χ1) is 10.9. The van der Waals surface area contributed by atoms with Crippen molar-refractivity contribution >= 4 is 21.6 Å². The Kier molecular flexibility index (Phi) is 4.31. The van der Waals surface area contributed by atoms with Crippen molar-refractivity contribution in [2.24, 2.45) is 0 Å². The smallest absolute Gasteiger partial charge is 0.265 e. The van der Waals surface area contributed by atoms with E-state index in [1.807, 2.05) is 6.92 Å². The van der Waals surface area contributed by atoms with E-state index < -0.39 is 16.1 Å². The van der Waals surface area contributed by atoms with Gasteiger partial charge in [0.15, 0.2) is 6.61 Å². The predicted molar refractivity (Wildman–Crippen MR) is 84.0 cm³/mol. The molecule has 0 aromatic heterocycles. The average Bonchev–Trinajstić information content (AvgIpc) is 2.54. The summed E-state index contributed by atoms with van der Waals surface area (Å²) in [5, 5.41) is 9.53. The molecule has 1 amide bonds. The van der Waals surface area contributed by atoms with Gasteiger partial charge in [-0.3, -0.25) is 4.79 Å². The first kappa shape index (κ1) is 16.2. The molecule has 0 radical (unpaired) electrons. The summed E-state index contributed by atoms with van der Waals surface area (Å²) < 4.78 is 32.3. The number of carbonyl (C=O) groups is 1. The van der Waals surface area contributed by atoms with Crippen molar-refractivity contribution in [1.82, 2.24) is 4.31 Å². The monoisotopic (exact) mass is 340 g/mol. The van der Waals surface area contributed by atoms with Crippen LogP contribution in [0.15, 0.2) is 23.1 Å². The molecular formula is C15H20N2O5S. The fraction of sp³-hybridized carbons (Fsp3) is 0.533. The van der Waals surface area contributed by atoms with Crippen molar-refractivity contribution in [3.05, 3.63) is 18.2 Å². The maximum Gasteiger partial charge on any atom is 0.265 e. The van der Waals surface area contributed by atoms with Crippen LogP contribution in [-0.4, -0.2) is 56.1 Å². The minimum absolute atomic E-state index is 0.0308. The Balaban J connectivity index is 1.95. The van der Waals surface area contributed by atoms with Gasteiger partial charge in [0.25, 0.3) is 5.91 Å². The highest BCUT2D eigenvalue weighted by Crippen LogP contribution is 2.35. The highest BCUT2D eigenvalue weighted by molar-refractivity contribution is 7.89. The van der Waals surface area contributed by atoms with Gasteiger partial charge in [0.1, 0.15) is 5.75 Å². The van der Waals surface area contributed by atoms with E-state index in [9.17, 15) is 18.3 Å². The van der Waals surface area contributed by atoms with Gasteiger partial charge in [0, 0.05) is 19.6 Å². The Morgan fingerprint density at radius 1 is 1.30 bits per heavy atom. The van der Waals surface area contributed by atoms with Crippen LogP contribution < -0.4 is 9.64 Å². The molecule has 0 spiro atoms. The van der Waals surface area contributed by atoms with Crippen LogP contribution in [0.4, 0.5) is 5.69 Å². The zero-order valence-corrected chi connectivity index (χ0v) is 13.8. The SMILES string of the molecule is CCN1C(=O)COc2ccc(S(=O)(=O)N3CCC(O)CC3)cc21. The number of anilines is 1. The van der Waals surface area contributed by atoms with Gasteiger partial charge in [-0.1, -0.05) is 0 Å². The van der Waals surface area contributed by atoms with Gasteiger partial charge in [-0.2, -0.15) is 4.31 Å². The van der Waals surface area contributed by atoms with Gasteiger partial charge in [0.2, 0.25) is 10.0 Å². The van der Waals surface area contributed by atoms with E-state index in [4.69, 9.17) is 4.74 Å². The lowest BCUT2D eigenvalue weighted by molar-refractivity contribution is -0.121. The number of ether oxygens (including phenoxy) is 1. The molecule has 23 heavy (non-hydrogen) atoms. The molecule has 0 aliphatic carbocycles. The maximum atomic E-state index is 12.8. The molecular weight excluding hydrogens is 320 g/mol. The molecule has 0 bridgehead atoms. The largest absolute Gasteiger partial charge is 0.482 e. The maximum absolute atomic E-state index is 12.8. The van der Waals surface area contributed by atoms with Crippen LogP contribution in [0.25, 0.3) is 0 Å². The summed E-state index contributed by atoms with van der Waals surface area (Å²) in [6.07, 6.45) is 0.436. The number of rotatable bonds is 3. The highest BCUT2D eigenvalue weighted by atomic mass is 32.2. The summed E-state index contributed by atoms with van der Waals surface area (Å²) in [6, 6.07) is 4.59. The van der Waals surface area contributed by atoms with Gasteiger partial charge in [0.05, 0.1) is 16.7 Å². The number of benzene rings is 1. The molecule has 1 N–H and O–H groups in total. The topological polar surface area (TPSA) is 87.2 Å². The van der Waals surface area contributed by atoms with Crippen molar-refractivity contribution in [3.8, 4) is 5.75 Å². The van der Waals surface area contributed by atoms with E-state index in [2.05, 4.69) is 0 Å². The summed E-state index contributed by atoms with van der Waals surface area (Å²) >= 11 is 0. The van der Waals surface area contributed by atoms with E-state index in [1.165, 1.54) is 21.3 Å². The first-order valence-electron chi connectivity index (χ1n) is 7.69. The molecule has 2 heterocycles. The second-order valence-electron chi connectivity index (χ2n) is 5.69. The van der Waals surface area contributed by atoms with Crippen molar-refractivity contribution in [1.29, 1.82) is 0 Å². The number of sulfonamides is 1. The summed E-state index contributed by atoms with van der Waals surface area (Å²) in [7, 11) is -3.64. The molecule has 2 aliphatic rings. The molecule has 3 rings (SSSR count). The van der Waals surface area contributed by atoms with Gasteiger partial charge in [-0.05, 0) is 38.0 Å². The molecule has 0 saturated carbocycles. The fourth-order valence-corrected chi connectivity index (χ4v) is 4.41. The van der Waals surface area contributed by atoms with Gasteiger partial charge < -0.3 is 14.7 Å². The van der Waals surface area contributed by atoms with Crippen LogP contribution in [0.3, 0.4) is 0 Å². The molecule has 2 aliphatic heterocycles. The van der Waals surface area contributed by atoms with E-state index in [0.717, 1.165) is 0 Å². The zero-order valence-electron chi connectivity index (χ0n) is 12.9. The van der Waals surface area contributed by atoms with Crippen LogP contribution in [0.2, 0.25) is 0 Å². The standard InChI is InChI=1S/C15H20N2O5S/c1-2-17-13-9-12(3-4-14(13)22-10-15(17)19)23(20,21)16-7-5-11(18)6-8-16/h3-4,9,11,18H,2,5-8,10H2,1H3. The molecule has 1 aromatic rings. The summed E-state index contributed by atoms with van der Waals surface area (Å²) in [4.78, 5) is 13.6. The van der Waals surface area contributed by atoms with E-state index in [0.29, 0.717) is 43.9 Å². The second-order valence-corrected chi connectivity index (χ2v) is 7.63. The average molecular weight is 340 g/mol. The van der Waals surface area contributed by atoms with Crippen LogP contribution in [-0.2, 0) is 14.8 Å². The second kappa shape index (κ2) is 6.10. The Morgan fingerprint density at radius 2 is 2.00 bits per heavy atom. The lowest BCUT2D eigenvalue weighted by Crippen LogP contribution is -2.40. The van der Waals surface area contributed by atoms with Crippen LogP contribution in [0.1, 0.15) is 19.8 Å². The van der Waals surface area contributed by atoms with E-state index in [1.54, 1.807) is 6.07 Å². The predicted octanol–water partition coefficient (Wildman–Crippen LogP) is 0.577. The highest BCUT2D eigenvalue weighted by Gasteiger charge is 2.31. The number of hydrogen-bond donors (Lipinski definition) is 1. The number of piperidine rings is 1. The number of carbonyl (C=O) groups excluding carboxylic acids is 1. The third kappa shape index (κ3) is 2.93. The molecule has 7 nitrogen and oxygen atoms in total. The number of fused-ring (bicyclic) bond motifs is 1. The van der Waals surface area contributed by atoms with Crippen molar-refractivity contribution in [2.75, 3.05) is 31.1 Å². The number of aliphatic hydroxyl groups excluding tert-OH is 1. The van der Waals surface area contributed by atoms with Gasteiger partial charge in [-0.25, -0.2) is 8.42 Å². The molecule has 1 saturated heterocycles. The summed E-state index contributed by atoms with van der Waals surface area (Å²) in [6.45, 7) is 2.85. The Labute approximate surface area is 135 Å². The Bertz CT molecular complexity index is 711. The first-order valence-corrected chi connectivity index (χ1v) is 9.13. The molecule has 126 valence electrons. The minimum Gasteiger partial charge on any atom is -0.482 e. The van der Waals surface area contributed by atoms with Crippen molar-refractivity contribution in [2.45, 2.75) is 30.8 Å². The lowest BCUT2D eigenvalue weighted by atomic mass is 10.1. The molecule has 8 heteroatoms. The molecule has 0 atom stereocenters. The van der Waals surface area contributed by atoms with E-state index >= 15 is 0 Å². The normalized spacial score (nSPS) is 20.3. The molecule has 1 fully saturated rings. The number of nitrogens with zero attached hydrogens (tertiary/aromatic N) is 2. The summed E-state index contributed by atoms with van der Waals surface area (Å²) in [5.41, 5.74) is 0.488. The summed E-state index contributed by atoms with van der Waals surface area (Å²) in [5.74, 6) is 0.329. The zero-order chi connectivity index (χ0) is 16.6. The van der Waals surface area contributed by atoms with Gasteiger partial charge >= 0.3 is 0 Å². The van der Waals surface area contributed by atoms with Crippen LogP contribution in [0.5, 0.6) is 5.75 Å². The van der Waals surface area contributed by atoms with E-state index in [-0.39, 0.29) is 17.4 Å². The molecule has 1 aromatic carbocycles.